The number of aromatic amines is 1. The number of ether oxygens (including phenoxy) is 2. The largest absolute Gasteiger partial charge is 0.379 e. The molecule has 0 aromatic carbocycles. The van der Waals surface area contributed by atoms with Crippen molar-refractivity contribution in [3.05, 3.63) is 16.5 Å². The van der Waals surface area contributed by atoms with Crippen molar-refractivity contribution >= 4 is 18.0 Å². The Morgan fingerprint density at radius 2 is 2.30 bits per heavy atom. The molecule has 0 amide bonds. The minimum absolute atomic E-state index is 0.437. The van der Waals surface area contributed by atoms with Crippen LogP contribution < -0.4 is 5.32 Å². The van der Waals surface area contributed by atoms with Gasteiger partial charge in [0.1, 0.15) is 22.9 Å². The van der Waals surface area contributed by atoms with Crippen molar-refractivity contribution in [1.29, 1.82) is 0 Å². The molecule has 1 aliphatic heterocycles. The number of aromatic nitrogens is 2. The van der Waals surface area contributed by atoms with Gasteiger partial charge in [0.2, 0.25) is 0 Å². The van der Waals surface area contributed by atoms with Crippen LogP contribution in [0.4, 0.5) is 5.82 Å². The molecule has 0 radical (unpaired) electrons. The van der Waals surface area contributed by atoms with Crippen LogP contribution in [0.2, 0.25) is 0 Å². The first-order valence-corrected chi connectivity index (χ1v) is 7.32. The van der Waals surface area contributed by atoms with Crippen LogP contribution in [0, 0.1) is 4.64 Å². The van der Waals surface area contributed by atoms with E-state index in [1.165, 1.54) is 0 Å². The van der Waals surface area contributed by atoms with Crippen molar-refractivity contribution in [2.75, 3.05) is 51.8 Å². The number of nitrogens with one attached hydrogen (secondary N) is 2. The number of morpholine rings is 1. The number of rotatable bonds is 7. The molecule has 20 heavy (non-hydrogen) atoms. The van der Waals surface area contributed by atoms with Gasteiger partial charge < -0.3 is 19.8 Å². The molecular formula is C13H22N4O2S. The Labute approximate surface area is 124 Å². The van der Waals surface area contributed by atoms with E-state index < -0.39 is 0 Å². The lowest BCUT2D eigenvalue weighted by Crippen LogP contribution is -2.37. The van der Waals surface area contributed by atoms with E-state index in [0.717, 1.165) is 57.5 Å². The summed E-state index contributed by atoms with van der Waals surface area (Å²) in [7, 11) is 1.64. The second-order valence-electron chi connectivity index (χ2n) is 4.75. The van der Waals surface area contributed by atoms with Crippen LogP contribution in [0.1, 0.15) is 12.2 Å². The Bertz CT molecular complexity index is 460. The lowest BCUT2D eigenvalue weighted by molar-refractivity contribution is 0.0378. The number of nitrogens with zero attached hydrogens (tertiary/aromatic N) is 2. The van der Waals surface area contributed by atoms with Gasteiger partial charge in [-0.15, -0.1) is 0 Å². The number of hydrogen-bond acceptors (Lipinski definition) is 6. The molecule has 2 rings (SSSR count). The number of methoxy groups -OCH3 is 1. The summed E-state index contributed by atoms with van der Waals surface area (Å²) >= 11 is 5.13. The first-order chi connectivity index (χ1) is 9.78. The van der Waals surface area contributed by atoms with Gasteiger partial charge in [-0.2, -0.15) is 0 Å². The zero-order valence-electron chi connectivity index (χ0n) is 11.9. The van der Waals surface area contributed by atoms with Gasteiger partial charge in [-0.1, -0.05) is 12.2 Å². The summed E-state index contributed by atoms with van der Waals surface area (Å²) in [6.07, 6.45) is 1.09. The summed E-state index contributed by atoms with van der Waals surface area (Å²) in [6, 6.07) is 1.84. The summed E-state index contributed by atoms with van der Waals surface area (Å²) in [6.45, 7) is 6.21. The second kappa shape index (κ2) is 8.31. The summed E-state index contributed by atoms with van der Waals surface area (Å²) in [5.74, 6) is 1.65. The van der Waals surface area contributed by atoms with Gasteiger partial charge in [0.25, 0.3) is 0 Å². The molecule has 1 fully saturated rings. The van der Waals surface area contributed by atoms with E-state index >= 15 is 0 Å². The highest BCUT2D eigenvalue weighted by atomic mass is 32.1. The molecule has 6 nitrogen and oxygen atoms in total. The first kappa shape index (κ1) is 15.4. The van der Waals surface area contributed by atoms with Crippen LogP contribution in [0.25, 0.3) is 0 Å². The third-order valence-corrected chi connectivity index (χ3v) is 3.35. The first-order valence-electron chi connectivity index (χ1n) is 6.91. The number of hydrogen-bond donors (Lipinski definition) is 2. The fraction of sp³-hybridized carbons (Fsp3) is 0.692. The van der Waals surface area contributed by atoms with E-state index in [4.69, 9.17) is 21.7 Å². The average Bonchev–Trinajstić information content (AvgIpc) is 2.45. The summed E-state index contributed by atoms with van der Waals surface area (Å²) in [5.41, 5.74) is 0. The second-order valence-corrected chi connectivity index (χ2v) is 5.17. The maximum absolute atomic E-state index is 5.33. The zero-order chi connectivity index (χ0) is 14.2. The van der Waals surface area contributed by atoms with Crippen LogP contribution in [0.3, 0.4) is 0 Å². The summed E-state index contributed by atoms with van der Waals surface area (Å²) in [5, 5.41) is 3.35. The maximum Gasteiger partial charge on any atom is 0.135 e. The van der Waals surface area contributed by atoms with Gasteiger partial charge in [0.05, 0.1) is 13.2 Å². The maximum atomic E-state index is 5.33. The van der Waals surface area contributed by atoms with E-state index in [2.05, 4.69) is 20.2 Å². The van der Waals surface area contributed by atoms with Crippen molar-refractivity contribution in [2.24, 2.45) is 0 Å². The van der Waals surface area contributed by atoms with Gasteiger partial charge in [-0.05, 0) is 13.0 Å². The fourth-order valence-electron chi connectivity index (χ4n) is 2.16. The zero-order valence-corrected chi connectivity index (χ0v) is 12.7. The van der Waals surface area contributed by atoms with E-state index in [9.17, 15) is 0 Å². The fourth-order valence-corrected chi connectivity index (χ4v) is 2.39. The van der Waals surface area contributed by atoms with Gasteiger partial charge in [-0.3, -0.25) is 4.90 Å². The molecule has 7 heteroatoms. The Balaban J connectivity index is 1.74. The van der Waals surface area contributed by atoms with Crippen LogP contribution in [0.5, 0.6) is 0 Å². The van der Waals surface area contributed by atoms with Gasteiger partial charge in [0, 0.05) is 32.8 Å². The highest BCUT2D eigenvalue weighted by Crippen LogP contribution is 2.05. The Morgan fingerprint density at radius 3 is 3.05 bits per heavy atom. The normalized spacial score (nSPS) is 16.2. The molecule has 0 aliphatic carbocycles. The lowest BCUT2D eigenvalue weighted by Gasteiger charge is -2.26. The van der Waals surface area contributed by atoms with Gasteiger partial charge >= 0.3 is 0 Å². The molecule has 0 spiro atoms. The molecular weight excluding hydrogens is 276 g/mol. The Hall–Kier alpha value is -1.02. The highest BCUT2D eigenvalue weighted by molar-refractivity contribution is 7.71. The quantitative estimate of drug-likeness (QED) is 0.586. The molecule has 1 aliphatic rings. The van der Waals surface area contributed by atoms with Crippen molar-refractivity contribution in [3.8, 4) is 0 Å². The predicted molar refractivity (Wildman–Crippen MR) is 80.5 cm³/mol. The SMILES string of the molecule is COCc1nc(=S)cc(NCCCN2CCOCC2)[nH]1. The molecule has 1 aromatic rings. The average molecular weight is 298 g/mol. The third-order valence-electron chi connectivity index (χ3n) is 3.14. The summed E-state index contributed by atoms with van der Waals surface area (Å²) in [4.78, 5) is 9.80. The summed E-state index contributed by atoms with van der Waals surface area (Å²) < 4.78 is 11.0. The Morgan fingerprint density at radius 1 is 1.50 bits per heavy atom. The topological polar surface area (TPSA) is 62.4 Å². The molecule has 0 bridgehead atoms. The minimum Gasteiger partial charge on any atom is -0.379 e. The Kier molecular flexibility index (Phi) is 6.38. The molecule has 0 unspecified atom stereocenters. The van der Waals surface area contributed by atoms with Gasteiger partial charge in [-0.25, -0.2) is 4.98 Å². The van der Waals surface area contributed by atoms with Crippen LogP contribution >= 0.6 is 12.2 Å². The molecule has 1 aromatic heterocycles. The molecule has 0 saturated carbocycles. The standard InChI is InChI=1S/C13H22N4O2S/c1-18-10-12-15-11(9-13(20)16-12)14-3-2-4-17-5-7-19-8-6-17/h9H,2-8,10H2,1H3,(H2,14,15,16,20). The van der Waals surface area contributed by atoms with E-state index in [1.807, 2.05) is 6.07 Å². The molecule has 1 saturated heterocycles. The smallest absolute Gasteiger partial charge is 0.135 e. The van der Waals surface area contributed by atoms with Crippen LogP contribution in [-0.4, -0.2) is 61.4 Å². The molecule has 112 valence electrons. The van der Waals surface area contributed by atoms with Crippen molar-refractivity contribution < 1.29 is 9.47 Å². The molecule has 2 heterocycles. The van der Waals surface area contributed by atoms with Crippen LogP contribution in [-0.2, 0) is 16.1 Å². The monoisotopic (exact) mass is 298 g/mol. The number of H-pyrrole nitrogens is 1. The third kappa shape index (κ3) is 5.16. The highest BCUT2D eigenvalue weighted by Gasteiger charge is 2.09. The van der Waals surface area contributed by atoms with E-state index in [0.29, 0.717) is 11.2 Å². The predicted octanol–water partition coefficient (Wildman–Crippen LogP) is 1.42. The van der Waals surface area contributed by atoms with E-state index in [-0.39, 0.29) is 0 Å². The van der Waals surface area contributed by atoms with Crippen molar-refractivity contribution in [3.63, 3.8) is 0 Å². The van der Waals surface area contributed by atoms with Crippen molar-refractivity contribution in [2.45, 2.75) is 13.0 Å². The van der Waals surface area contributed by atoms with Crippen LogP contribution in [0.15, 0.2) is 6.07 Å². The number of anilines is 1. The molecule has 2 N–H and O–H groups in total. The lowest BCUT2D eigenvalue weighted by atomic mass is 10.3. The van der Waals surface area contributed by atoms with Crippen molar-refractivity contribution in [1.82, 2.24) is 14.9 Å². The minimum atomic E-state index is 0.437. The van der Waals surface area contributed by atoms with E-state index in [1.54, 1.807) is 7.11 Å². The molecule has 0 atom stereocenters. The van der Waals surface area contributed by atoms with Gasteiger partial charge in [0.15, 0.2) is 0 Å².